The average molecular weight is 260 g/mol. The van der Waals surface area contributed by atoms with Crippen LogP contribution in [0.15, 0.2) is 18.2 Å². The number of rotatable bonds is 2. The van der Waals surface area contributed by atoms with Gasteiger partial charge in [0.2, 0.25) is 5.91 Å². The number of amides is 1. The van der Waals surface area contributed by atoms with Crippen LogP contribution in [0.3, 0.4) is 0 Å². The van der Waals surface area contributed by atoms with Gasteiger partial charge in [0.05, 0.1) is 17.7 Å². The van der Waals surface area contributed by atoms with E-state index in [1.807, 2.05) is 32.0 Å². The number of benzene rings is 1. The molecular weight excluding hydrogens is 240 g/mol. The SMILES string of the molecule is CC(C)Oc1cccc2c1NC(=O)C1CCCC1N2. The molecule has 0 saturated heterocycles. The van der Waals surface area contributed by atoms with Gasteiger partial charge in [0.25, 0.3) is 0 Å². The molecule has 1 fully saturated rings. The third-order valence-corrected chi connectivity index (χ3v) is 3.83. The van der Waals surface area contributed by atoms with Crippen LogP contribution in [0.25, 0.3) is 0 Å². The number of nitrogens with one attached hydrogen (secondary N) is 2. The fourth-order valence-electron chi connectivity index (χ4n) is 2.99. The van der Waals surface area contributed by atoms with Crippen LogP contribution in [0, 0.1) is 5.92 Å². The first-order chi connectivity index (χ1) is 9.15. The molecule has 1 aromatic rings. The molecule has 4 nitrogen and oxygen atoms in total. The molecule has 2 unspecified atom stereocenters. The number of para-hydroxylation sites is 1. The van der Waals surface area contributed by atoms with Crippen molar-refractivity contribution in [3.63, 3.8) is 0 Å². The van der Waals surface area contributed by atoms with Gasteiger partial charge >= 0.3 is 0 Å². The minimum absolute atomic E-state index is 0.0827. The zero-order valence-corrected chi connectivity index (χ0v) is 11.4. The second-order valence-electron chi connectivity index (χ2n) is 5.62. The van der Waals surface area contributed by atoms with E-state index in [2.05, 4.69) is 10.6 Å². The first-order valence-corrected chi connectivity index (χ1v) is 7.02. The maximum absolute atomic E-state index is 12.3. The quantitative estimate of drug-likeness (QED) is 0.859. The molecule has 102 valence electrons. The van der Waals surface area contributed by atoms with E-state index in [0.29, 0.717) is 0 Å². The van der Waals surface area contributed by atoms with Crippen LogP contribution in [0.5, 0.6) is 5.75 Å². The molecule has 3 rings (SSSR count). The number of ether oxygens (including phenoxy) is 1. The van der Waals surface area contributed by atoms with E-state index in [0.717, 1.165) is 36.4 Å². The van der Waals surface area contributed by atoms with Gasteiger partial charge in [-0.15, -0.1) is 0 Å². The van der Waals surface area contributed by atoms with Crippen molar-refractivity contribution in [1.29, 1.82) is 0 Å². The molecule has 2 atom stereocenters. The zero-order valence-electron chi connectivity index (χ0n) is 11.4. The molecule has 0 bridgehead atoms. The van der Waals surface area contributed by atoms with E-state index in [1.54, 1.807) is 0 Å². The van der Waals surface area contributed by atoms with Crippen molar-refractivity contribution in [1.82, 2.24) is 0 Å². The molecule has 1 heterocycles. The predicted molar refractivity (Wildman–Crippen MR) is 75.6 cm³/mol. The fourth-order valence-corrected chi connectivity index (χ4v) is 2.99. The van der Waals surface area contributed by atoms with Crippen molar-refractivity contribution >= 4 is 17.3 Å². The van der Waals surface area contributed by atoms with E-state index < -0.39 is 0 Å². The number of anilines is 2. The number of hydrogen-bond acceptors (Lipinski definition) is 3. The van der Waals surface area contributed by atoms with E-state index in [9.17, 15) is 4.79 Å². The van der Waals surface area contributed by atoms with E-state index in [1.165, 1.54) is 0 Å². The summed E-state index contributed by atoms with van der Waals surface area (Å²) in [7, 11) is 0. The number of carbonyl (C=O) groups excluding carboxylic acids is 1. The van der Waals surface area contributed by atoms with Crippen LogP contribution in [-0.2, 0) is 4.79 Å². The van der Waals surface area contributed by atoms with Crippen LogP contribution >= 0.6 is 0 Å². The Labute approximate surface area is 113 Å². The summed E-state index contributed by atoms with van der Waals surface area (Å²) in [6.45, 7) is 3.97. The van der Waals surface area contributed by atoms with Crippen molar-refractivity contribution in [2.75, 3.05) is 10.6 Å². The summed E-state index contributed by atoms with van der Waals surface area (Å²) in [4.78, 5) is 12.3. The lowest BCUT2D eigenvalue weighted by molar-refractivity contribution is -0.119. The van der Waals surface area contributed by atoms with Crippen molar-refractivity contribution in [2.45, 2.75) is 45.3 Å². The molecule has 1 amide bonds. The minimum atomic E-state index is 0.0827. The molecule has 1 aliphatic carbocycles. The lowest BCUT2D eigenvalue weighted by Crippen LogP contribution is -2.30. The summed E-state index contributed by atoms with van der Waals surface area (Å²) in [6.07, 6.45) is 3.24. The van der Waals surface area contributed by atoms with Gasteiger partial charge < -0.3 is 15.4 Å². The van der Waals surface area contributed by atoms with E-state index in [-0.39, 0.29) is 24.0 Å². The third kappa shape index (κ3) is 2.27. The lowest BCUT2D eigenvalue weighted by atomic mass is 10.0. The number of hydrogen-bond donors (Lipinski definition) is 2. The van der Waals surface area contributed by atoms with Crippen LogP contribution < -0.4 is 15.4 Å². The summed E-state index contributed by atoms with van der Waals surface area (Å²) < 4.78 is 5.78. The Morgan fingerprint density at radius 2 is 2.16 bits per heavy atom. The first-order valence-electron chi connectivity index (χ1n) is 7.02. The second kappa shape index (κ2) is 4.76. The van der Waals surface area contributed by atoms with Gasteiger partial charge in [-0.05, 0) is 38.8 Å². The molecule has 0 spiro atoms. The van der Waals surface area contributed by atoms with Crippen molar-refractivity contribution in [3.05, 3.63) is 18.2 Å². The van der Waals surface area contributed by atoms with Crippen LogP contribution in [0.1, 0.15) is 33.1 Å². The maximum atomic E-state index is 12.3. The van der Waals surface area contributed by atoms with Crippen molar-refractivity contribution < 1.29 is 9.53 Å². The largest absolute Gasteiger partial charge is 0.489 e. The Kier molecular flexibility index (Phi) is 3.09. The average Bonchev–Trinajstić information content (AvgIpc) is 2.75. The van der Waals surface area contributed by atoms with E-state index in [4.69, 9.17) is 4.74 Å². The van der Waals surface area contributed by atoms with Gasteiger partial charge in [0.15, 0.2) is 0 Å². The first kappa shape index (κ1) is 12.3. The Hall–Kier alpha value is -1.71. The second-order valence-corrected chi connectivity index (χ2v) is 5.62. The minimum Gasteiger partial charge on any atom is -0.489 e. The molecule has 1 saturated carbocycles. The molecular formula is C15H20N2O2. The van der Waals surface area contributed by atoms with Gasteiger partial charge in [-0.3, -0.25) is 4.79 Å². The van der Waals surface area contributed by atoms with Crippen LogP contribution in [-0.4, -0.2) is 18.1 Å². The zero-order chi connectivity index (χ0) is 13.4. The van der Waals surface area contributed by atoms with Gasteiger partial charge in [-0.1, -0.05) is 12.5 Å². The van der Waals surface area contributed by atoms with Crippen molar-refractivity contribution in [3.8, 4) is 5.75 Å². The van der Waals surface area contributed by atoms with Gasteiger partial charge in [-0.2, -0.15) is 0 Å². The van der Waals surface area contributed by atoms with E-state index >= 15 is 0 Å². The van der Waals surface area contributed by atoms with Crippen LogP contribution in [0.2, 0.25) is 0 Å². The number of fused-ring (bicyclic) bond motifs is 2. The Balaban J connectivity index is 1.97. The van der Waals surface area contributed by atoms with Crippen LogP contribution in [0.4, 0.5) is 11.4 Å². The van der Waals surface area contributed by atoms with Gasteiger partial charge in [0.1, 0.15) is 11.4 Å². The summed E-state index contributed by atoms with van der Waals surface area (Å²) in [5.74, 6) is 0.946. The molecule has 1 aliphatic heterocycles. The molecule has 2 aliphatic rings. The number of carbonyl (C=O) groups is 1. The summed E-state index contributed by atoms with van der Waals surface area (Å²) in [5.41, 5.74) is 1.76. The molecule has 4 heteroatoms. The molecule has 19 heavy (non-hydrogen) atoms. The molecule has 0 aromatic heterocycles. The standard InChI is InChI=1S/C15H20N2O2/c1-9(2)19-13-8-4-7-12-14(13)17-15(18)10-5-3-6-11(10)16-12/h4,7-11,16H,3,5-6H2,1-2H3,(H,17,18). The summed E-state index contributed by atoms with van der Waals surface area (Å²) in [6, 6.07) is 6.13. The summed E-state index contributed by atoms with van der Waals surface area (Å²) >= 11 is 0. The van der Waals surface area contributed by atoms with Gasteiger partial charge in [0, 0.05) is 6.04 Å². The highest BCUT2D eigenvalue weighted by atomic mass is 16.5. The highest BCUT2D eigenvalue weighted by Crippen LogP contribution is 2.40. The topological polar surface area (TPSA) is 50.4 Å². The highest BCUT2D eigenvalue weighted by molar-refractivity contribution is 6.00. The lowest BCUT2D eigenvalue weighted by Gasteiger charge is -2.18. The predicted octanol–water partition coefficient (Wildman–Crippen LogP) is 3.01. The molecule has 0 radical (unpaired) electrons. The van der Waals surface area contributed by atoms with Crippen molar-refractivity contribution in [2.24, 2.45) is 5.92 Å². The van der Waals surface area contributed by atoms with Gasteiger partial charge in [-0.25, -0.2) is 0 Å². The Morgan fingerprint density at radius 1 is 1.32 bits per heavy atom. The third-order valence-electron chi connectivity index (χ3n) is 3.83. The smallest absolute Gasteiger partial charge is 0.229 e. The maximum Gasteiger partial charge on any atom is 0.229 e. The Morgan fingerprint density at radius 3 is 2.95 bits per heavy atom. The monoisotopic (exact) mass is 260 g/mol. The highest BCUT2D eigenvalue weighted by Gasteiger charge is 2.36. The fraction of sp³-hybridized carbons (Fsp3) is 0.533. The molecule has 2 N–H and O–H groups in total. The normalized spacial score (nSPS) is 25.1. The molecule has 1 aromatic carbocycles. The Bertz CT molecular complexity index is 499. The summed E-state index contributed by atoms with van der Waals surface area (Å²) in [5, 5.41) is 6.54.